The first kappa shape index (κ1) is 13.8. The van der Waals surface area contributed by atoms with E-state index in [0.717, 1.165) is 58.3 Å². The fourth-order valence-electron chi connectivity index (χ4n) is 2.97. The molecule has 0 bridgehead atoms. The number of esters is 1. The highest BCUT2D eigenvalue weighted by Crippen LogP contribution is 2.27. The summed E-state index contributed by atoms with van der Waals surface area (Å²) in [5.41, 5.74) is -0.389. The van der Waals surface area contributed by atoms with Crippen LogP contribution in [0.2, 0.25) is 0 Å². The zero-order valence-corrected chi connectivity index (χ0v) is 11.4. The van der Waals surface area contributed by atoms with Gasteiger partial charge in [-0.3, -0.25) is 4.79 Å². The Bertz CT molecular complexity index is 268. The molecule has 0 aromatic rings. The maximum absolute atomic E-state index is 12.3. The molecule has 0 aliphatic carbocycles. The Hall–Kier alpha value is -0.610. The van der Waals surface area contributed by atoms with Crippen molar-refractivity contribution in [3.05, 3.63) is 0 Å². The summed E-state index contributed by atoms with van der Waals surface area (Å²) in [5, 5.41) is 3.36. The number of hydrogen-bond donors (Lipinski definition) is 1. The summed E-state index contributed by atoms with van der Waals surface area (Å²) in [7, 11) is 0. The zero-order chi connectivity index (χ0) is 12.8. The Kier molecular flexibility index (Phi) is 5.01. The second-order valence-corrected chi connectivity index (χ2v) is 5.52. The van der Waals surface area contributed by atoms with Gasteiger partial charge in [0, 0.05) is 13.2 Å². The van der Waals surface area contributed by atoms with Gasteiger partial charge in [0.2, 0.25) is 0 Å². The molecule has 0 radical (unpaired) electrons. The van der Waals surface area contributed by atoms with Gasteiger partial charge in [0.1, 0.15) is 5.54 Å². The second kappa shape index (κ2) is 6.53. The van der Waals surface area contributed by atoms with Gasteiger partial charge in [-0.05, 0) is 44.6 Å². The van der Waals surface area contributed by atoms with E-state index in [9.17, 15) is 4.79 Å². The van der Waals surface area contributed by atoms with Crippen molar-refractivity contribution in [3.63, 3.8) is 0 Å². The third kappa shape index (κ3) is 3.23. The molecular formula is C14H25NO3. The van der Waals surface area contributed by atoms with Crippen molar-refractivity contribution in [3.8, 4) is 0 Å². The van der Waals surface area contributed by atoms with E-state index in [1.807, 2.05) is 0 Å². The number of hydrogen-bond acceptors (Lipinski definition) is 4. The van der Waals surface area contributed by atoms with Crippen LogP contribution in [0.1, 0.15) is 45.4 Å². The maximum Gasteiger partial charge on any atom is 0.326 e. The Morgan fingerprint density at radius 3 is 2.83 bits per heavy atom. The highest BCUT2D eigenvalue weighted by Gasteiger charge is 2.41. The van der Waals surface area contributed by atoms with Crippen molar-refractivity contribution in [2.24, 2.45) is 5.92 Å². The SMILES string of the molecule is CCCC1(C(=O)OCC2CCOCC2)CCCN1. The van der Waals surface area contributed by atoms with Crippen LogP contribution in [0.15, 0.2) is 0 Å². The molecule has 2 saturated heterocycles. The van der Waals surface area contributed by atoms with E-state index in [-0.39, 0.29) is 11.5 Å². The summed E-state index contributed by atoms with van der Waals surface area (Å²) >= 11 is 0. The van der Waals surface area contributed by atoms with Gasteiger partial charge >= 0.3 is 5.97 Å². The summed E-state index contributed by atoms with van der Waals surface area (Å²) in [6, 6.07) is 0. The minimum absolute atomic E-state index is 0.0339. The van der Waals surface area contributed by atoms with E-state index in [4.69, 9.17) is 9.47 Å². The fourth-order valence-corrected chi connectivity index (χ4v) is 2.97. The number of carbonyl (C=O) groups excluding carboxylic acids is 1. The van der Waals surface area contributed by atoms with Gasteiger partial charge < -0.3 is 14.8 Å². The van der Waals surface area contributed by atoms with E-state index in [1.165, 1.54) is 0 Å². The average Bonchev–Trinajstić information content (AvgIpc) is 2.87. The molecule has 2 heterocycles. The standard InChI is InChI=1S/C14H25NO3/c1-2-6-14(7-3-8-15-14)13(16)18-11-12-4-9-17-10-5-12/h12,15H,2-11H2,1H3. The molecule has 2 aliphatic heterocycles. The molecule has 18 heavy (non-hydrogen) atoms. The third-order valence-electron chi connectivity index (χ3n) is 4.10. The predicted molar refractivity (Wildman–Crippen MR) is 69.4 cm³/mol. The van der Waals surface area contributed by atoms with Gasteiger partial charge in [-0.15, -0.1) is 0 Å². The molecule has 2 rings (SSSR count). The molecule has 0 saturated carbocycles. The molecule has 0 spiro atoms. The average molecular weight is 255 g/mol. The normalized spacial score (nSPS) is 29.4. The smallest absolute Gasteiger partial charge is 0.326 e. The topological polar surface area (TPSA) is 47.6 Å². The van der Waals surface area contributed by atoms with Crippen molar-refractivity contribution in [2.45, 2.75) is 51.0 Å². The molecule has 4 nitrogen and oxygen atoms in total. The van der Waals surface area contributed by atoms with Crippen LogP contribution in [0.3, 0.4) is 0 Å². The first-order valence-corrected chi connectivity index (χ1v) is 7.27. The van der Waals surface area contributed by atoms with Crippen LogP contribution in [-0.4, -0.2) is 37.9 Å². The van der Waals surface area contributed by atoms with Crippen molar-refractivity contribution < 1.29 is 14.3 Å². The molecule has 104 valence electrons. The van der Waals surface area contributed by atoms with Crippen molar-refractivity contribution in [1.82, 2.24) is 5.32 Å². The molecule has 1 N–H and O–H groups in total. The molecule has 0 amide bonds. The predicted octanol–water partition coefficient (Wildman–Crippen LogP) is 1.88. The summed E-state index contributed by atoms with van der Waals surface area (Å²) in [4.78, 5) is 12.3. The van der Waals surface area contributed by atoms with Crippen LogP contribution < -0.4 is 5.32 Å². The van der Waals surface area contributed by atoms with Gasteiger partial charge in [0.25, 0.3) is 0 Å². The van der Waals surface area contributed by atoms with Crippen LogP contribution in [0.4, 0.5) is 0 Å². The molecular weight excluding hydrogens is 230 g/mol. The zero-order valence-electron chi connectivity index (χ0n) is 11.4. The van der Waals surface area contributed by atoms with Crippen LogP contribution >= 0.6 is 0 Å². The quantitative estimate of drug-likeness (QED) is 0.762. The minimum Gasteiger partial charge on any atom is -0.464 e. The first-order valence-electron chi connectivity index (χ1n) is 7.27. The Labute approximate surface area is 109 Å². The number of ether oxygens (including phenoxy) is 2. The molecule has 2 fully saturated rings. The molecule has 4 heteroatoms. The molecule has 2 aliphatic rings. The maximum atomic E-state index is 12.3. The third-order valence-corrected chi connectivity index (χ3v) is 4.10. The molecule has 1 atom stereocenters. The van der Waals surface area contributed by atoms with E-state index in [2.05, 4.69) is 12.2 Å². The lowest BCUT2D eigenvalue weighted by molar-refractivity contribution is -0.153. The van der Waals surface area contributed by atoms with Crippen LogP contribution in [0.5, 0.6) is 0 Å². The summed E-state index contributed by atoms with van der Waals surface area (Å²) in [6.45, 7) is 5.23. The lowest BCUT2D eigenvalue weighted by Gasteiger charge is -2.28. The Morgan fingerprint density at radius 2 is 2.22 bits per heavy atom. The largest absolute Gasteiger partial charge is 0.464 e. The van der Waals surface area contributed by atoms with Gasteiger partial charge in [0.15, 0.2) is 0 Å². The van der Waals surface area contributed by atoms with E-state index in [1.54, 1.807) is 0 Å². The monoisotopic (exact) mass is 255 g/mol. The Balaban J connectivity index is 1.81. The van der Waals surface area contributed by atoms with Crippen molar-refractivity contribution >= 4 is 5.97 Å². The summed E-state index contributed by atoms with van der Waals surface area (Å²) < 4.78 is 10.9. The lowest BCUT2D eigenvalue weighted by atomic mass is 9.92. The highest BCUT2D eigenvalue weighted by atomic mass is 16.5. The second-order valence-electron chi connectivity index (χ2n) is 5.52. The van der Waals surface area contributed by atoms with Gasteiger partial charge in [-0.2, -0.15) is 0 Å². The summed E-state index contributed by atoms with van der Waals surface area (Å²) in [6.07, 6.45) is 5.93. The van der Waals surface area contributed by atoms with Crippen LogP contribution in [0.25, 0.3) is 0 Å². The summed E-state index contributed by atoms with van der Waals surface area (Å²) in [5.74, 6) is 0.455. The number of nitrogens with one attached hydrogen (secondary N) is 1. The lowest BCUT2D eigenvalue weighted by Crippen LogP contribution is -2.49. The van der Waals surface area contributed by atoms with Crippen LogP contribution in [-0.2, 0) is 14.3 Å². The number of carbonyl (C=O) groups is 1. The first-order chi connectivity index (χ1) is 8.77. The van der Waals surface area contributed by atoms with Gasteiger partial charge in [-0.25, -0.2) is 0 Å². The van der Waals surface area contributed by atoms with E-state index >= 15 is 0 Å². The molecule has 0 aromatic heterocycles. The van der Waals surface area contributed by atoms with E-state index in [0.29, 0.717) is 12.5 Å². The minimum atomic E-state index is -0.389. The Morgan fingerprint density at radius 1 is 1.44 bits per heavy atom. The van der Waals surface area contributed by atoms with Crippen molar-refractivity contribution in [2.75, 3.05) is 26.4 Å². The highest BCUT2D eigenvalue weighted by molar-refractivity contribution is 5.81. The number of rotatable bonds is 5. The molecule has 0 aromatic carbocycles. The van der Waals surface area contributed by atoms with E-state index < -0.39 is 0 Å². The fraction of sp³-hybridized carbons (Fsp3) is 0.929. The van der Waals surface area contributed by atoms with Gasteiger partial charge in [0.05, 0.1) is 6.61 Å². The molecule has 1 unspecified atom stereocenters. The van der Waals surface area contributed by atoms with Crippen LogP contribution in [0, 0.1) is 5.92 Å². The van der Waals surface area contributed by atoms with Gasteiger partial charge in [-0.1, -0.05) is 13.3 Å². The van der Waals surface area contributed by atoms with Crippen molar-refractivity contribution in [1.29, 1.82) is 0 Å².